The molecule has 6 nitrogen and oxygen atoms in total. The minimum atomic E-state index is 0.256. The second-order valence-corrected chi connectivity index (χ2v) is 5.16. The fourth-order valence-electron chi connectivity index (χ4n) is 2.54. The zero-order chi connectivity index (χ0) is 14.7. The smallest absolute Gasteiger partial charge is 0.240 e. The first-order valence-corrected chi connectivity index (χ1v) is 7.03. The van der Waals surface area contributed by atoms with Crippen molar-refractivity contribution in [2.75, 3.05) is 13.7 Å². The number of nitrogens with zero attached hydrogens (tertiary/aromatic N) is 2. The first-order valence-electron chi connectivity index (χ1n) is 7.03. The molecule has 0 bridgehead atoms. The minimum absolute atomic E-state index is 0.256. The Balaban J connectivity index is 1.58. The van der Waals surface area contributed by atoms with E-state index in [2.05, 4.69) is 28.4 Å². The summed E-state index contributed by atoms with van der Waals surface area (Å²) in [6.07, 6.45) is 0. The molecule has 2 atom stereocenters. The summed E-state index contributed by atoms with van der Waals surface area (Å²) in [7, 11) is 1.61. The highest BCUT2D eigenvalue weighted by molar-refractivity contribution is 5.40. The van der Waals surface area contributed by atoms with E-state index in [0.717, 1.165) is 5.75 Å². The Morgan fingerprint density at radius 1 is 1.43 bits per heavy atom. The Morgan fingerprint density at radius 3 is 3.14 bits per heavy atom. The van der Waals surface area contributed by atoms with Crippen LogP contribution in [0.4, 0.5) is 0 Å². The van der Waals surface area contributed by atoms with E-state index in [-0.39, 0.29) is 6.04 Å². The molecule has 3 rings (SSSR count). The second-order valence-electron chi connectivity index (χ2n) is 5.16. The molecule has 0 amide bonds. The van der Waals surface area contributed by atoms with E-state index in [0.29, 0.717) is 37.4 Å². The van der Waals surface area contributed by atoms with Crippen LogP contribution in [-0.4, -0.2) is 29.9 Å². The van der Waals surface area contributed by atoms with Crippen LogP contribution in [-0.2, 0) is 17.9 Å². The number of methoxy groups -OCH3 is 1. The van der Waals surface area contributed by atoms with Gasteiger partial charge in [0, 0.05) is 24.6 Å². The Bertz CT molecular complexity index is 599. The third-order valence-corrected chi connectivity index (χ3v) is 3.70. The molecule has 0 unspecified atom stereocenters. The van der Waals surface area contributed by atoms with E-state index in [9.17, 15) is 0 Å². The number of nitrogens with one attached hydrogen (secondary N) is 1. The van der Waals surface area contributed by atoms with Gasteiger partial charge in [0.2, 0.25) is 5.89 Å². The van der Waals surface area contributed by atoms with Crippen LogP contribution in [0.25, 0.3) is 0 Å². The first kappa shape index (κ1) is 14.0. The summed E-state index contributed by atoms with van der Waals surface area (Å²) in [5.41, 5.74) is 1.25. The number of hydrogen-bond donors (Lipinski definition) is 1. The fraction of sp³-hybridized carbons (Fsp3) is 0.467. The van der Waals surface area contributed by atoms with Crippen molar-refractivity contribution in [2.45, 2.75) is 32.0 Å². The van der Waals surface area contributed by atoms with Gasteiger partial charge in [-0.2, -0.15) is 4.98 Å². The normalized spacial score (nSPS) is 18.3. The molecule has 21 heavy (non-hydrogen) atoms. The lowest BCUT2D eigenvalue weighted by Crippen LogP contribution is -2.32. The number of fused-ring (bicyclic) bond motifs is 1. The maximum atomic E-state index is 5.71. The van der Waals surface area contributed by atoms with Crippen molar-refractivity contribution in [3.63, 3.8) is 0 Å². The summed E-state index contributed by atoms with van der Waals surface area (Å²) >= 11 is 0. The summed E-state index contributed by atoms with van der Waals surface area (Å²) in [5, 5.41) is 7.26. The maximum absolute atomic E-state index is 5.71. The van der Waals surface area contributed by atoms with Crippen LogP contribution < -0.4 is 10.1 Å². The molecule has 1 aromatic heterocycles. The Labute approximate surface area is 123 Å². The van der Waals surface area contributed by atoms with Gasteiger partial charge in [-0.25, -0.2) is 0 Å². The molecular formula is C15H19N3O3. The van der Waals surface area contributed by atoms with Crippen molar-refractivity contribution in [2.24, 2.45) is 0 Å². The van der Waals surface area contributed by atoms with Crippen LogP contribution in [0.1, 0.15) is 30.1 Å². The molecule has 0 spiro atoms. The monoisotopic (exact) mass is 289 g/mol. The number of hydrogen-bond acceptors (Lipinski definition) is 6. The van der Waals surface area contributed by atoms with Gasteiger partial charge in [-0.3, -0.25) is 0 Å². The molecule has 0 radical (unpaired) electrons. The van der Waals surface area contributed by atoms with E-state index >= 15 is 0 Å². The zero-order valence-corrected chi connectivity index (χ0v) is 12.2. The van der Waals surface area contributed by atoms with E-state index in [1.807, 2.05) is 18.2 Å². The molecule has 2 heterocycles. The van der Waals surface area contributed by atoms with Gasteiger partial charge in [0.25, 0.3) is 0 Å². The molecule has 0 aliphatic carbocycles. The van der Waals surface area contributed by atoms with Crippen LogP contribution in [0, 0.1) is 0 Å². The van der Waals surface area contributed by atoms with Crippen LogP contribution in [0.15, 0.2) is 28.8 Å². The van der Waals surface area contributed by atoms with Gasteiger partial charge in [0.15, 0.2) is 5.82 Å². The Kier molecular flexibility index (Phi) is 4.17. The third-order valence-electron chi connectivity index (χ3n) is 3.70. The zero-order valence-electron chi connectivity index (χ0n) is 12.2. The quantitative estimate of drug-likeness (QED) is 0.875. The summed E-state index contributed by atoms with van der Waals surface area (Å²) in [6, 6.07) is 8.43. The minimum Gasteiger partial charge on any atom is -0.493 e. The van der Waals surface area contributed by atoms with E-state index < -0.39 is 0 Å². The number of ether oxygens (including phenoxy) is 2. The Morgan fingerprint density at radius 2 is 2.29 bits per heavy atom. The first-order chi connectivity index (χ1) is 10.3. The molecule has 2 aromatic rings. The largest absolute Gasteiger partial charge is 0.493 e. The van der Waals surface area contributed by atoms with E-state index in [1.165, 1.54) is 5.56 Å². The Hall–Kier alpha value is -1.92. The van der Waals surface area contributed by atoms with Gasteiger partial charge in [-0.1, -0.05) is 23.4 Å². The van der Waals surface area contributed by atoms with Crippen molar-refractivity contribution in [3.05, 3.63) is 41.5 Å². The summed E-state index contributed by atoms with van der Waals surface area (Å²) < 4.78 is 15.8. The topological polar surface area (TPSA) is 69.4 Å². The lowest BCUT2D eigenvalue weighted by molar-refractivity contribution is 0.174. The van der Waals surface area contributed by atoms with Crippen LogP contribution in [0.2, 0.25) is 0 Å². The highest BCUT2D eigenvalue weighted by Gasteiger charge is 2.28. The number of benzene rings is 1. The average Bonchev–Trinajstić information content (AvgIpc) is 3.12. The van der Waals surface area contributed by atoms with Gasteiger partial charge >= 0.3 is 0 Å². The lowest BCUT2D eigenvalue weighted by Gasteiger charge is -2.18. The second kappa shape index (κ2) is 6.24. The maximum Gasteiger partial charge on any atom is 0.240 e. The number of rotatable bonds is 6. The molecule has 1 aliphatic heterocycles. The predicted molar refractivity (Wildman–Crippen MR) is 76.0 cm³/mol. The van der Waals surface area contributed by atoms with Gasteiger partial charge in [0.05, 0.1) is 13.2 Å². The lowest BCUT2D eigenvalue weighted by atomic mass is 9.94. The standard InChI is InChI=1S/C15H19N3O3/c1-10(12-8-20-13-6-4-3-5-11(12)13)16-7-15-17-14(9-19-2)18-21-15/h3-6,10,12,16H,7-9H2,1-2H3/t10-,12-/m0/s1. The molecular weight excluding hydrogens is 270 g/mol. The third kappa shape index (κ3) is 3.06. The van der Waals surface area contributed by atoms with Gasteiger partial charge in [-0.05, 0) is 13.0 Å². The SMILES string of the molecule is COCc1noc(CN[C@@H](C)[C@@H]2COc3ccccc32)n1. The molecule has 0 fully saturated rings. The number of para-hydroxylation sites is 1. The summed E-state index contributed by atoms with van der Waals surface area (Å²) in [5.74, 6) is 2.46. The van der Waals surface area contributed by atoms with Crippen molar-refractivity contribution in [1.29, 1.82) is 0 Å². The summed E-state index contributed by atoms with van der Waals surface area (Å²) in [4.78, 5) is 4.25. The molecule has 1 N–H and O–H groups in total. The summed E-state index contributed by atoms with van der Waals surface area (Å²) in [6.45, 7) is 3.74. The van der Waals surface area contributed by atoms with Crippen molar-refractivity contribution >= 4 is 0 Å². The van der Waals surface area contributed by atoms with E-state index in [4.69, 9.17) is 14.0 Å². The molecule has 0 saturated heterocycles. The molecule has 1 aliphatic rings. The van der Waals surface area contributed by atoms with Gasteiger partial charge in [0.1, 0.15) is 12.4 Å². The van der Waals surface area contributed by atoms with Gasteiger partial charge < -0.3 is 19.3 Å². The highest BCUT2D eigenvalue weighted by atomic mass is 16.5. The van der Waals surface area contributed by atoms with Crippen molar-refractivity contribution < 1.29 is 14.0 Å². The van der Waals surface area contributed by atoms with Crippen molar-refractivity contribution in [3.8, 4) is 5.75 Å². The predicted octanol–water partition coefficient (Wildman–Crippen LogP) is 1.87. The van der Waals surface area contributed by atoms with Crippen LogP contribution in [0.5, 0.6) is 5.75 Å². The molecule has 112 valence electrons. The highest BCUT2D eigenvalue weighted by Crippen LogP contribution is 2.35. The average molecular weight is 289 g/mol. The molecule has 1 aromatic carbocycles. The van der Waals surface area contributed by atoms with Gasteiger partial charge in [-0.15, -0.1) is 0 Å². The van der Waals surface area contributed by atoms with Crippen molar-refractivity contribution in [1.82, 2.24) is 15.5 Å². The molecule has 0 saturated carbocycles. The fourth-order valence-corrected chi connectivity index (χ4v) is 2.54. The van der Waals surface area contributed by atoms with Crippen LogP contribution >= 0.6 is 0 Å². The van der Waals surface area contributed by atoms with E-state index in [1.54, 1.807) is 7.11 Å². The van der Waals surface area contributed by atoms with Crippen LogP contribution in [0.3, 0.4) is 0 Å². The molecule has 6 heteroatoms. The number of aromatic nitrogens is 2.